The van der Waals surface area contributed by atoms with E-state index in [1.165, 1.54) is 18.0 Å². The summed E-state index contributed by atoms with van der Waals surface area (Å²) in [5, 5.41) is 10.8. The van der Waals surface area contributed by atoms with Crippen LogP contribution >= 0.6 is 23.1 Å². The molecule has 0 aliphatic carbocycles. The molecule has 10 heteroatoms. The van der Waals surface area contributed by atoms with Crippen LogP contribution in [0.2, 0.25) is 0 Å². The van der Waals surface area contributed by atoms with Gasteiger partial charge in [0.1, 0.15) is 4.90 Å². The Kier molecular flexibility index (Phi) is 5.81. The minimum Gasteiger partial charge on any atom is -0.419 e. The third-order valence-corrected chi connectivity index (χ3v) is 8.26. The highest BCUT2D eigenvalue weighted by molar-refractivity contribution is 7.99. The zero-order chi connectivity index (χ0) is 19.6. The fraction of sp³-hybridized carbons (Fsp3) is 0.389. The number of rotatable bonds is 6. The van der Waals surface area contributed by atoms with Gasteiger partial charge in [-0.25, -0.2) is 13.4 Å². The number of sulfonamides is 1. The summed E-state index contributed by atoms with van der Waals surface area (Å²) in [6.07, 6.45) is 4.34. The van der Waals surface area contributed by atoms with Gasteiger partial charge in [-0.2, -0.15) is 4.31 Å². The number of thioether (sulfide) groups is 1. The third-order valence-electron chi connectivity index (χ3n) is 4.48. The maximum Gasteiger partial charge on any atom is 0.257 e. The maximum absolute atomic E-state index is 12.7. The van der Waals surface area contributed by atoms with Crippen molar-refractivity contribution < 1.29 is 12.8 Å². The summed E-state index contributed by atoms with van der Waals surface area (Å²) in [5.74, 6) is 1.02. The molecule has 0 saturated carbocycles. The normalized spacial score (nSPS) is 16.9. The Morgan fingerprint density at radius 3 is 2.68 bits per heavy atom. The van der Waals surface area contributed by atoms with Gasteiger partial charge in [0.05, 0.1) is 15.2 Å². The molecule has 28 heavy (non-hydrogen) atoms. The molecule has 1 fully saturated rings. The molecule has 0 N–H and O–H groups in total. The van der Waals surface area contributed by atoms with Crippen molar-refractivity contribution in [2.75, 3.05) is 13.1 Å². The number of nitrogens with zero attached hydrogens (tertiary/aromatic N) is 4. The summed E-state index contributed by atoms with van der Waals surface area (Å²) >= 11 is 2.99. The monoisotopic (exact) mass is 436 g/mol. The molecule has 148 valence electrons. The minimum atomic E-state index is -3.46. The summed E-state index contributed by atoms with van der Waals surface area (Å²) in [6, 6.07) is 7.22. The summed E-state index contributed by atoms with van der Waals surface area (Å²) in [5.41, 5.74) is 0. The molecule has 4 rings (SSSR count). The largest absolute Gasteiger partial charge is 0.419 e. The zero-order valence-corrected chi connectivity index (χ0v) is 17.8. The first kappa shape index (κ1) is 19.6. The number of hydrogen-bond donors (Lipinski definition) is 0. The number of thiophene rings is 1. The highest BCUT2D eigenvalue weighted by atomic mass is 32.2. The zero-order valence-electron chi connectivity index (χ0n) is 15.3. The van der Waals surface area contributed by atoms with Crippen LogP contribution in [0.15, 0.2) is 50.2 Å². The molecule has 0 bridgehead atoms. The van der Waals surface area contributed by atoms with E-state index in [0.29, 0.717) is 29.9 Å². The Bertz CT molecular complexity index is 1010. The number of aromatic nitrogens is 3. The van der Waals surface area contributed by atoms with Crippen LogP contribution in [0.1, 0.15) is 37.3 Å². The molecule has 3 aromatic heterocycles. The minimum absolute atomic E-state index is 0.0988. The van der Waals surface area contributed by atoms with Gasteiger partial charge >= 0.3 is 0 Å². The van der Waals surface area contributed by atoms with E-state index >= 15 is 0 Å². The Hall–Kier alpha value is -1.75. The average Bonchev–Trinajstić information content (AvgIpc) is 3.41. The van der Waals surface area contributed by atoms with Crippen molar-refractivity contribution in [3.05, 3.63) is 41.7 Å². The van der Waals surface area contributed by atoms with Gasteiger partial charge in [0, 0.05) is 19.3 Å². The molecule has 0 amide bonds. The standard InChI is InChI=1S/C18H20N4O3S3/c1-13(17-20-21-18(25-17)15-6-5-11-26-15)27-16-8-7-14(12-19-16)28(23,24)22-9-3-2-4-10-22/h5-8,11-13H,2-4,9-10H2,1H3/t13-/m1/s1. The molecule has 7 nitrogen and oxygen atoms in total. The number of pyridine rings is 1. The van der Waals surface area contributed by atoms with Crippen LogP contribution in [0.4, 0.5) is 0 Å². The number of piperidine rings is 1. The van der Waals surface area contributed by atoms with Gasteiger partial charge in [0.15, 0.2) is 0 Å². The van der Waals surface area contributed by atoms with Crippen molar-refractivity contribution in [3.63, 3.8) is 0 Å². The molecule has 1 aliphatic rings. The smallest absolute Gasteiger partial charge is 0.257 e. The van der Waals surface area contributed by atoms with Gasteiger partial charge in [-0.05, 0) is 43.3 Å². The van der Waals surface area contributed by atoms with E-state index in [0.717, 1.165) is 24.1 Å². The fourth-order valence-corrected chi connectivity index (χ4v) is 5.90. The van der Waals surface area contributed by atoms with Crippen molar-refractivity contribution in [2.45, 2.75) is 41.4 Å². The van der Waals surface area contributed by atoms with E-state index in [1.807, 2.05) is 24.4 Å². The van der Waals surface area contributed by atoms with E-state index in [9.17, 15) is 8.42 Å². The predicted molar refractivity (Wildman–Crippen MR) is 109 cm³/mol. The van der Waals surface area contributed by atoms with Crippen LogP contribution in [0.5, 0.6) is 0 Å². The van der Waals surface area contributed by atoms with E-state index in [4.69, 9.17) is 4.42 Å². The van der Waals surface area contributed by atoms with E-state index in [2.05, 4.69) is 15.2 Å². The summed E-state index contributed by atoms with van der Waals surface area (Å²) in [7, 11) is -3.46. The van der Waals surface area contributed by atoms with Crippen LogP contribution in [0.3, 0.4) is 0 Å². The molecule has 4 heterocycles. The molecule has 0 unspecified atom stereocenters. The SMILES string of the molecule is C[C@@H](Sc1ccc(S(=O)(=O)N2CCCCC2)cn1)c1nnc(-c2cccs2)o1. The molecule has 3 aromatic rings. The van der Waals surface area contributed by atoms with Gasteiger partial charge in [-0.15, -0.1) is 21.5 Å². The van der Waals surface area contributed by atoms with Crippen LogP contribution < -0.4 is 0 Å². The lowest BCUT2D eigenvalue weighted by molar-refractivity contribution is 0.346. The molecule has 0 spiro atoms. The van der Waals surface area contributed by atoms with E-state index < -0.39 is 10.0 Å². The summed E-state index contributed by atoms with van der Waals surface area (Å²) < 4.78 is 32.7. The first-order valence-electron chi connectivity index (χ1n) is 9.04. The average molecular weight is 437 g/mol. The van der Waals surface area contributed by atoms with Crippen molar-refractivity contribution >= 4 is 33.1 Å². The Morgan fingerprint density at radius 2 is 2.00 bits per heavy atom. The molecule has 0 radical (unpaired) electrons. The lowest BCUT2D eigenvalue weighted by atomic mass is 10.2. The molecule has 1 aliphatic heterocycles. The molecular weight excluding hydrogens is 416 g/mol. The van der Waals surface area contributed by atoms with Gasteiger partial charge in [0.2, 0.25) is 15.9 Å². The quantitative estimate of drug-likeness (QED) is 0.534. The van der Waals surface area contributed by atoms with Gasteiger partial charge < -0.3 is 4.42 Å². The Labute approximate surface area is 172 Å². The van der Waals surface area contributed by atoms with Crippen molar-refractivity contribution in [2.24, 2.45) is 0 Å². The maximum atomic E-state index is 12.7. The molecule has 0 aromatic carbocycles. The van der Waals surface area contributed by atoms with Crippen LogP contribution in [0.25, 0.3) is 10.8 Å². The second kappa shape index (κ2) is 8.32. The van der Waals surface area contributed by atoms with Gasteiger partial charge in [0.25, 0.3) is 5.89 Å². The van der Waals surface area contributed by atoms with E-state index in [1.54, 1.807) is 27.8 Å². The molecule has 1 atom stereocenters. The first-order valence-corrected chi connectivity index (χ1v) is 12.2. The third kappa shape index (κ3) is 4.14. The lowest BCUT2D eigenvalue weighted by Gasteiger charge is -2.25. The Balaban J connectivity index is 1.44. The highest BCUT2D eigenvalue weighted by Gasteiger charge is 2.26. The second-order valence-corrected chi connectivity index (χ2v) is 10.7. The van der Waals surface area contributed by atoms with E-state index in [-0.39, 0.29) is 10.1 Å². The lowest BCUT2D eigenvalue weighted by Crippen LogP contribution is -2.35. The van der Waals surface area contributed by atoms with Crippen LogP contribution in [0, 0.1) is 0 Å². The number of hydrogen-bond acceptors (Lipinski definition) is 8. The van der Waals surface area contributed by atoms with Crippen molar-refractivity contribution in [1.82, 2.24) is 19.5 Å². The van der Waals surface area contributed by atoms with Crippen molar-refractivity contribution in [3.8, 4) is 10.8 Å². The molecule has 1 saturated heterocycles. The highest BCUT2D eigenvalue weighted by Crippen LogP contribution is 2.35. The van der Waals surface area contributed by atoms with Crippen LogP contribution in [-0.2, 0) is 10.0 Å². The van der Waals surface area contributed by atoms with Crippen molar-refractivity contribution in [1.29, 1.82) is 0 Å². The molecular formula is C18H20N4O3S3. The summed E-state index contributed by atoms with van der Waals surface area (Å²) in [6.45, 7) is 3.12. The Morgan fingerprint density at radius 1 is 1.18 bits per heavy atom. The predicted octanol–water partition coefficient (Wildman–Crippen LogP) is 4.22. The van der Waals surface area contributed by atoms with Crippen LogP contribution in [-0.4, -0.2) is 41.0 Å². The fourth-order valence-electron chi connectivity index (χ4n) is 2.97. The second-order valence-electron chi connectivity index (χ2n) is 6.48. The van der Waals surface area contributed by atoms with Gasteiger partial charge in [-0.3, -0.25) is 0 Å². The summed E-state index contributed by atoms with van der Waals surface area (Å²) in [4.78, 5) is 5.50. The topological polar surface area (TPSA) is 89.2 Å². The first-order chi connectivity index (χ1) is 13.5. The van der Waals surface area contributed by atoms with Gasteiger partial charge in [-0.1, -0.05) is 24.2 Å².